The van der Waals surface area contributed by atoms with Crippen LogP contribution in [0.25, 0.3) is 0 Å². The largest absolute Gasteiger partial charge is 0.480 e. The highest BCUT2D eigenvalue weighted by Gasteiger charge is 2.33. The molecule has 9 N–H and O–H groups in total. The van der Waals surface area contributed by atoms with E-state index >= 15 is 0 Å². The van der Waals surface area contributed by atoms with Crippen LogP contribution in [0.2, 0.25) is 0 Å². The number of nitrogens with zero attached hydrogens (tertiary/aromatic N) is 1. The van der Waals surface area contributed by atoms with E-state index in [2.05, 4.69) is 25.9 Å². The molecular formula is C23H41N7O5. The maximum Gasteiger partial charge on any atom is 0.326 e. The Hall–Kier alpha value is -2.99. The van der Waals surface area contributed by atoms with E-state index in [0.29, 0.717) is 31.5 Å². The van der Waals surface area contributed by atoms with E-state index in [1.165, 1.54) is 12.5 Å². The number of unbranched alkanes of at least 4 members (excludes halogenated alkanes) is 1. The van der Waals surface area contributed by atoms with E-state index in [1.54, 1.807) is 20.8 Å². The number of aromatic nitrogens is 2. The number of carboxylic acid groups (broad SMARTS) is 1. The second-order valence-corrected chi connectivity index (χ2v) is 9.17. The molecule has 1 heterocycles. The highest BCUT2D eigenvalue weighted by molar-refractivity contribution is 5.94. The van der Waals surface area contributed by atoms with E-state index in [-0.39, 0.29) is 18.3 Å². The van der Waals surface area contributed by atoms with E-state index in [9.17, 15) is 24.3 Å². The van der Waals surface area contributed by atoms with Gasteiger partial charge in [0, 0.05) is 18.3 Å². The van der Waals surface area contributed by atoms with E-state index in [1.807, 2.05) is 6.92 Å². The predicted molar refractivity (Wildman–Crippen MR) is 131 cm³/mol. The molecule has 0 aliphatic carbocycles. The van der Waals surface area contributed by atoms with Crippen molar-refractivity contribution in [2.75, 3.05) is 6.54 Å². The summed E-state index contributed by atoms with van der Waals surface area (Å²) >= 11 is 0. The van der Waals surface area contributed by atoms with Gasteiger partial charge in [0.25, 0.3) is 0 Å². The van der Waals surface area contributed by atoms with E-state index in [4.69, 9.17) is 11.5 Å². The van der Waals surface area contributed by atoms with Crippen molar-refractivity contribution in [3.8, 4) is 0 Å². The number of rotatable bonds is 16. The van der Waals surface area contributed by atoms with Crippen LogP contribution in [0, 0.1) is 11.8 Å². The molecule has 35 heavy (non-hydrogen) atoms. The van der Waals surface area contributed by atoms with Crippen molar-refractivity contribution in [1.29, 1.82) is 0 Å². The second kappa shape index (κ2) is 15.1. The van der Waals surface area contributed by atoms with Gasteiger partial charge in [-0.05, 0) is 31.2 Å². The third-order valence-corrected chi connectivity index (χ3v) is 5.94. The van der Waals surface area contributed by atoms with Crippen molar-refractivity contribution in [2.45, 2.75) is 84.0 Å². The Kier molecular flexibility index (Phi) is 13.0. The minimum absolute atomic E-state index is 0.101. The van der Waals surface area contributed by atoms with Gasteiger partial charge in [-0.2, -0.15) is 0 Å². The van der Waals surface area contributed by atoms with Gasteiger partial charge in [0.1, 0.15) is 18.1 Å². The number of H-pyrrole nitrogens is 1. The molecule has 0 aromatic carbocycles. The second-order valence-electron chi connectivity index (χ2n) is 9.17. The lowest BCUT2D eigenvalue weighted by Crippen LogP contribution is -2.59. The lowest BCUT2D eigenvalue weighted by Gasteiger charge is -2.28. The van der Waals surface area contributed by atoms with Crippen LogP contribution in [0.3, 0.4) is 0 Å². The molecule has 0 radical (unpaired) electrons. The number of carboxylic acids is 1. The predicted octanol–water partition coefficient (Wildman–Crippen LogP) is -0.350. The van der Waals surface area contributed by atoms with Gasteiger partial charge in [-0.1, -0.05) is 40.5 Å². The summed E-state index contributed by atoms with van der Waals surface area (Å²) in [5.74, 6) is -3.47. The molecule has 5 atom stereocenters. The van der Waals surface area contributed by atoms with Gasteiger partial charge in [0.15, 0.2) is 0 Å². The molecule has 0 bridgehead atoms. The number of imidazole rings is 1. The van der Waals surface area contributed by atoms with Crippen LogP contribution in [-0.4, -0.2) is 69.5 Å². The molecule has 5 unspecified atom stereocenters. The van der Waals surface area contributed by atoms with Crippen LogP contribution in [0.15, 0.2) is 12.5 Å². The summed E-state index contributed by atoms with van der Waals surface area (Å²) in [5.41, 5.74) is 12.1. The highest BCUT2D eigenvalue weighted by atomic mass is 16.4. The molecule has 12 heteroatoms. The van der Waals surface area contributed by atoms with Crippen molar-refractivity contribution in [1.82, 2.24) is 25.9 Å². The molecule has 3 amide bonds. The minimum atomic E-state index is -1.14. The number of carbonyl (C=O) groups excluding carboxylic acids is 3. The average Bonchev–Trinajstić information content (AvgIpc) is 3.32. The molecule has 1 rings (SSSR count). The summed E-state index contributed by atoms with van der Waals surface area (Å²) in [6.45, 7) is 7.53. The first-order valence-electron chi connectivity index (χ1n) is 12.1. The van der Waals surface area contributed by atoms with E-state index in [0.717, 1.165) is 6.42 Å². The zero-order valence-electron chi connectivity index (χ0n) is 21.0. The van der Waals surface area contributed by atoms with Crippen LogP contribution >= 0.6 is 0 Å². The zero-order valence-corrected chi connectivity index (χ0v) is 21.0. The van der Waals surface area contributed by atoms with Crippen LogP contribution in [0.1, 0.15) is 59.1 Å². The van der Waals surface area contributed by atoms with Gasteiger partial charge in [-0.3, -0.25) is 14.4 Å². The Balaban J connectivity index is 2.99. The van der Waals surface area contributed by atoms with Gasteiger partial charge < -0.3 is 37.5 Å². The zero-order chi connectivity index (χ0) is 26.5. The molecule has 12 nitrogen and oxygen atoms in total. The quantitative estimate of drug-likeness (QED) is 0.150. The van der Waals surface area contributed by atoms with Crippen LogP contribution < -0.4 is 27.4 Å². The Morgan fingerprint density at radius 2 is 1.69 bits per heavy atom. The van der Waals surface area contributed by atoms with Gasteiger partial charge >= 0.3 is 5.97 Å². The number of aliphatic carboxylic acids is 1. The summed E-state index contributed by atoms with van der Waals surface area (Å²) in [4.78, 5) is 57.3. The fourth-order valence-electron chi connectivity index (χ4n) is 3.46. The molecule has 0 saturated carbocycles. The lowest BCUT2D eigenvalue weighted by molar-refractivity contribution is -0.144. The average molecular weight is 496 g/mol. The minimum Gasteiger partial charge on any atom is -0.480 e. The first-order valence-corrected chi connectivity index (χ1v) is 12.1. The third kappa shape index (κ3) is 10.0. The van der Waals surface area contributed by atoms with Gasteiger partial charge in [-0.15, -0.1) is 0 Å². The van der Waals surface area contributed by atoms with Gasteiger partial charge in [0.2, 0.25) is 17.7 Å². The van der Waals surface area contributed by atoms with Crippen LogP contribution in [-0.2, 0) is 25.6 Å². The fraction of sp³-hybridized carbons (Fsp3) is 0.696. The smallest absolute Gasteiger partial charge is 0.326 e. The number of hydrogen-bond acceptors (Lipinski definition) is 7. The standard InChI is InChI=1S/C23H41N7O5/c1-5-14(4)19(23(34)35)30-22(33)18(13(2)3)29-21(32)17(10-15-11-26-12-27-15)28-20(31)16(25)8-6-7-9-24/h11-14,16-19H,5-10,24-25H2,1-4H3,(H,26,27)(H,28,31)(H,29,32)(H,30,33)(H,34,35). The first-order chi connectivity index (χ1) is 16.5. The summed E-state index contributed by atoms with van der Waals surface area (Å²) in [6, 6.07) is -3.93. The van der Waals surface area contributed by atoms with E-state index < -0.39 is 47.9 Å². The summed E-state index contributed by atoms with van der Waals surface area (Å²) in [6.07, 6.45) is 5.48. The van der Waals surface area contributed by atoms with Crippen LogP contribution in [0.5, 0.6) is 0 Å². The SMILES string of the molecule is CCC(C)C(NC(=O)C(NC(=O)C(Cc1cnc[nH]1)NC(=O)C(N)CCCCN)C(C)C)C(=O)O. The van der Waals surface area contributed by atoms with Crippen LogP contribution in [0.4, 0.5) is 0 Å². The Morgan fingerprint density at radius 3 is 2.20 bits per heavy atom. The maximum absolute atomic E-state index is 13.2. The Bertz CT molecular complexity index is 815. The third-order valence-electron chi connectivity index (χ3n) is 5.94. The maximum atomic E-state index is 13.2. The number of nitrogens with one attached hydrogen (secondary N) is 4. The highest BCUT2D eigenvalue weighted by Crippen LogP contribution is 2.11. The number of amides is 3. The van der Waals surface area contributed by atoms with Crippen molar-refractivity contribution >= 4 is 23.7 Å². The number of carbonyl (C=O) groups is 4. The molecule has 0 saturated heterocycles. The summed E-state index contributed by atoms with van der Waals surface area (Å²) in [7, 11) is 0. The van der Waals surface area contributed by atoms with Crippen molar-refractivity contribution in [2.24, 2.45) is 23.3 Å². The first kappa shape index (κ1) is 30.0. The molecule has 0 aliphatic heterocycles. The molecular weight excluding hydrogens is 454 g/mol. The van der Waals surface area contributed by atoms with Gasteiger partial charge in [-0.25, -0.2) is 9.78 Å². The molecule has 1 aromatic rings. The van der Waals surface area contributed by atoms with Crippen molar-refractivity contribution in [3.63, 3.8) is 0 Å². The fourth-order valence-corrected chi connectivity index (χ4v) is 3.46. The normalized spacial score (nSPS) is 15.5. The monoisotopic (exact) mass is 495 g/mol. The Morgan fingerprint density at radius 1 is 1.03 bits per heavy atom. The van der Waals surface area contributed by atoms with Crippen molar-refractivity contribution < 1.29 is 24.3 Å². The van der Waals surface area contributed by atoms with Crippen molar-refractivity contribution in [3.05, 3.63) is 18.2 Å². The lowest BCUT2D eigenvalue weighted by atomic mass is 9.97. The Labute approximate surface area is 206 Å². The summed E-state index contributed by atoms with van der Waals surface area (Å²) < 4.78 is 0. The number of hydrogen-bond donors (Lipinski definition) is 7. The number of aromatic amines is 1. The number of nitrogens with two attached hydrogens (primary N) is 2. The van der Waals surface area contributed by atoms with Gasteiger partial charge in [0.05, 0.1) is 12.4 Å². The summed E-state index contributed by atoms with van der Waals surface area (Å²) in [5, 5.41) is 17.4. The molecule has 1 aromatic heterocycles. The molecule has 0 aliphatic rings. The molecule has 0 fully saturated rings. The molecule has 198 valence electrons. The molecule has 0 spiro atoms. The topological polar surface area (TPSA) is 205 Å².